The number of nitrogens with zero attached hydrogens (tertiary/aromatic N) is 2. The molecule has 0 fully saturated rings. The van der Waals surface area contributed by atoms with Gasteiger partial charge in [0, 0.05) is 40.6 Å². The van der Waals surface area contributed by atoms with E-state index in [0.29, 0.717) is 0 Å². The van der Waals surface area contributed by atoms with E-state index in [1.807, 2.05) is 23.7 Å². The van der Waals surface area contributed by atoms with Crippen molar-refractivity contribution in [2.75, 3.05) is 7.05 Å². The van der Waals surface area contributed by atoms with Crippen molar-refractivity contribution in [1.82, 2.24) is 9.88 Å². The zero-order valence-electron chi connectivity index (χ0n) is 14.2. The van der Waals surface area contributed by atoms with Crippen LogP contribution in [0.4, 0.5) is 0 Å². The van der Waals surface area contributed by atoms with E-state index >= 15 is 0 Å². The molecule has 25 heavy (non-hydrogen) atoms. The minimum atomic E-state index is 0.890. The van der Waals surface area contributed by atoms with Crippen molar-refractivity contribution in [2.24, 2.45) is 0 Å². The Morgan fingerprint density at radius 2 is 1.60 bits per heavy atom. The van der Waals surface area contributed by atoms with Crippen molar-refractivity contribution < 1.29 is 0 Å². The summed E-state index contributed by atoms with van der Waals surface area (Å²) in [4.78, 5) is 8.07. The van der Waals surface area contributed by atoms with E-state index in [-0.39, 0.29) is 0 Å². The molecule has 4 rings (SSSR count). The molecule has 0 amide bonds. The van der Waals surface area contributed by atoms with Crippen LogP contribution in [0.3, 0.4) is 0 Å². The van der Waals surface area contributed by atoms with Gasteiger partial charge in [-0.25, -0.2) is 0 Å². The maximum absolute atomic E-state index is 4.47. The zero-order valence-corrected chi connectivity index (χ0v) is 15.0. The van der Waals surface area contributed by atoms with Crippen LogP contribution in [-0.2, 0) is 13.1 Å². The molecular weight excluding hydrogens is 324 g/mol. The van der Waals surface area contributed by atoms with Crippen LogP contribution in [0, 0.1) is 0 Å². The van der Waals surface area contributed by atoms with Gasteiger partial charge in [0.1, 0.15) is 0 Å². The molecule has 4 aromatic rings. The number of fused-ring (bicyclic) bond motifs is 1. The van der Waals surface area contributed by atoms with Gasteiger partial charge in [-0.2, -0.15) is 0 Å². The van der Waals surface area contributed by atoms with Gasteiger partial charge in [-0.05, 0) is 41.8 Å². The maximum atomic E-state index is 4.47. The molecule has 0 atom stereocenters. The van der Waals surface area contributed by atoms with Gasteiger partial charge in [-0.1, -0.05) is 48.5 Å². The van der Waals surface area contributed by atoms with Crippen LogP contribution in [0.5, 0.6) is 0 Å². The number of aromatic nitrogens is 1. The molecule has 2 aromatic heterocycles. The van der Waals surface area contributed by atoms with E-state index in [1.54, 1.807) is 0 Å². The molecule has 0 aliphatic rings. The fourth-order valence-corrected chi connectivity index (χ4v) is 4.14. The zero-order chi connectivity index (χ0) is 17.1. The highest BCUT2D eigenvalue weighted by Crippen LogP contribution is 2.33. The van der Waals surface area contributed by atoms with Crippen LogP contribution >= 0.6 is 11.3 Å². The van der Waals surface area contributed by atoms with Gasteiger partial charge in [0.2, 0.25) is 0 Å². The van der Waals surface area contributed by atoms with Crippen LogP contribution in [0.1, 0.15) is 11.1 Å². The third-order valence-corrected chi connectivity index (χ3v) is 5.42. The van der Waals surface area contributed by atoms with E-state index in [4.69, 9.17) is 0 Å². The second kappa shape index (κ2) is 7.18. The van der Waals surface area contributed by atoms with Gasteiger partial charge in [-0.15, -0.1) is 11.3 Å². The lowest BCUT2D eigenvalue weighted by atomic mass is 10.1. The summed E-state index contributed by atoms with van der Waals surface area (Å²) in [7, 11) is 2.15. The van der Waals surface area contributed by atoms with Crippen molar-refractivity contribution in [3.8, 4) is 10.4 Å². The average Bonchev–Trinajstić information content (AvgIpc) is 3.07. The summed E-state index contributed by atoms with van der Waals surface area (Å²) in [6, 6.07) is 23.6. The first-order valence-electron chi connectivity index (χ1n) is 8.43. The maximum Gasteiger partial charge on any atom is 0.0370 e. The number of pyridine rings is 1. The molecule has 0 aliphatic carbocycles. The van der Waals surface area contributed by atoms with Crippen LogP contribution < -0.4 is 0 Å². The van der Waals surface area contributed by atoms with Gasteiger partial charge >= 0.3 is 0 Å². The molecule has 3 heteroatoms. The van der Waals surface area contributed by atoms with Crippen LogP contribution in [0.2, 0.25) is 0 Å². The standard InChI is InChI=1S/C22H20N2S/c1-24(15-17-7-3-2-4-8-17)16-18-11-20(14-23-13-18)22-12-19-9-5-6-10-21(19)25-22/h2-14H,15-16H2,1H3. The van der Waals surface area contributed by atoms with Crippen LogP contribution in [-0.4, -0.2) is 16.9 Å². The predicted molar refractivity (Wildman–Crippen MR) is 107 cm³/mol. The average molecular weight is 344 g/mol. The Morgan fingerprint density at radius 1 is 0.840 bits per heavy atom. The van der Waals surface area contributed by atoms with Gasteiger partial charge in [0.05, 0.1) is 0 Å². The summed E-state index contributed by atoms with van der Waals surface area (Å²) in [6.45, 7) is 1.83. The first-order valence-corrected chi connectivity index (χ1v) is 9.25. The first-order chi connectivity index (χ1) is 12.3. The third-order valence-electron chi connectivity index (χ3n) is 4.25. The number of hydrogen-bond acceptors (Lipinski definition) is 3. The minimum absolute atomic E-state index is 0.890. The highest BCUT2D eigenvalue weighted by Gasteiger charge is 2.07. The molecule has 2 aromatic carbocycles. The van der Waals surface area contributed by atoms with Crippen LogP contribution in [0.25, 0.3) is 20.5 Å². The Kier molecular flexibility index (Phi) is 4.59. The van der Waals surface area contributed by atoms with Crippen molar-refractivity contribution >= 4 is 21.4 Å². The topological polar surface area (TPSA) is 16.1 Å². The smallest absolute Gasteiger partial charge is 0.0370 e. The summed E-state index contributed by atoms with van der Waals surface area (Å²) >= 11 is 1.83. The first kappa shape index (κ1) is 16.0. The normalized spacial score (nSPS) is 11.3. The van der Waals surface area contributed by atoms with E-state index < -0.39 is 0 Å². The van der Waals surface area contributed by atoms with Crippen LogP contribution in [0.15, 0.2) is 79.1 Å². The predicted octanol–water partition coefficient (Wildman–Crippen LogP) is 5.60. The Balaban J connectivity index is 1.53. The van der Waals surface area contributed by atoms with Gasteiger partial charge in [0.15, 0.2) is 0 Å². The van der Waals surface area contributed by atoms with Crippen molar-refractivity contribution in [3.63, 3.8) is 0 Å². The Morgan fingerprint density at radius 3 is 2.44 bits per heavy atom. The second-order valence-corrected chi connectivity index (χ2v) is 7.47. The molecule has 0 radical (unpaired) electrons. The molecular formula is C22H20N2S. The summed E-state index contributed by atoms with van der Waals surface area (Å²) < 4.78 is 1.32. The highest BCUT2D eigenvalue weighted by molar-refractivity contribution is 7.22. The molecule has 0 saturated carbocycles. The molecule has 124 valence electrons. The molecule has 2 nitrogen and oxygen atoms in total. The SMILES string of the molecule is CN(Cc1ccccc1)Cc1cncc(-c2cc3ccccc3s2)c1. The number of hydrogen-bond donors (Lipinski definition) is 0. The quantitative estimate of drug-likeness (QED) is 0.469. The fraction of sp³-hybridized carbons (Fsp3) is 0.136. The largest absolute Gasteiger partial charge is 0.298 e. The summed E-state index contributed by atoms with van der Waals surface area (Å²) in [6.07, 6.45) is 3.93. The molecule has 0 spiro atoms. The lowest BCUT2D eigenvalue weighted by Gasteiger charge is -2.17. The molecule has 0 unspecified atom stereocenters. The molecule has 0 N–H and O–H groups in total. The second-order valence-electron chi connectivity index (χ2n) is 6.39. The minimum Gasteiger partial charge on any atom is -0.298 e. The van der Waals surface area contributed by atoms with Gasteiger partial charge < -0.3 is 0 Å². The molecule has 0 saturated heterocycles. The molecule has 0 bridgehead atoms. The summed E-state index contributed by atoms with van der Waals surface area (Å²) in [5, 5.41) is 1.30. The lowest BCUT2D eigenvalue weighted by Crippen LogP contribution is -2.17. The number of rotatable bonds is 5. The van der Waals surface area contributed by atoms with Crippen molar-refractivity contribution in [1.29, 1.82) is 0 Å². The fourth-order valence-electron chi connectivity index (χ4n) is 3.10. The van der Waals surface area contributed by atoms with E-state index in [0.717, 1.165) is 13.1 Å². The molecule has 0 aliphatic heterocycles. The number of benzene rings is 2. The third kappa shape index (κ3) is 3.78. The van der Waals surface area contributed by atoms with E-state index in [1.165, 1.54) is 31.7 Å². The van der Waals surface area contributed by atoms with E-state index in [2.05, 4.69) is 83.7 Å². The summed E-state index contributed by atoms with van der Waals surface area (Å²) in [5.74, 6) is 0. The summed E-state index contributed by atoms with van der Waals surface area (Å²) in [5.41, 5.74) is 3.78. The molecule has 2 heterocycles. The van der Waals surface area contributed by atoms with E-state index in [9.17, 15) is 0 Å². The number of thiophene rings is 1. The highest BCUT2D eigenvalue weighted by atomic mass is 32.1. The monoisotopic (exact) mass is 344 g/mol. The van der Waals surface area contributed by atoms with Crippen molar-refractivity contribution in [3.05, 3.63) is 90.3 Å². The van der Waals surface area contributed by atoms with Gasteiger partial charge in [-0.3, -0.25) is 9.88 Å². The van der Waals surface area contributed by atoms with Gasteiger partial charge in [0.25, 0.3) is 0 Å². The Hall–Kier alpha value is -2.49. The van der Waals surface area contributed by atoms with Crippen molar-refractivity contribution in [2.45, 2.75) is 13.1 Å². The lowest BCUT2D eigenvalue weighted by molar-refractivity contribution is 0.319. The Labute approximate surface area is 152 Å². The Bertz CT molecular complexity index is 942.